The third-order valence-corrected chi connectivity index (χ3v) is 4.72. The summed E-state index contributed by atoms with van der Waals surface area (Å²) in [5.74, 6) is -5.30. The summed E-state index contributed by atoms with van der Waals surface area (Å²) in [6.07, 6.45) is -1.37. The van der Waals surface area contributed by atoms with Gasteiger partial charge < -0.3 is 30.6 Å². The van der Waals surface area contributed by atoms with E-state index in [0.717, 1.165) is 5.56 Å². The molecule has 34 heavy (non-hydrogen) atoms. The lowest BCUT2D eigenvalue weighted by atomic mass is 9.94. The Hall–Kier alpha value is -3.63. The summed E-state index contributed by atoms with van der Waals surface area (Å²) >= 11 is 0. The summed E-state index contributed by atoms with van der Waals surface area (Å²) in [5.41, 5.74) is 6.19. The van der Waals surface area contributed by atoms with Gasteiger partial charge >= 0.3 is 18.0 Å². The Morgan fingerprint density at radius 3 is 2.03 bits per heavy atom. The quantitative estimate of drug-likeness (QED) is 0.279. The number of esters is 2. The molecule has 0 radical (unpaired) electrons. The number of ether oxygens (including phenoxy) is 3. The summed E-state index contributed by atoms with van der Waals surface area (Å²) < 4.78 is 15.0. The number of primary amides is 1. The van der Waals surface area contributed by atoms with E-state index < -0.39 is 60.2 Å². The molecular weight excluding hydrogens is 446 g/mol. The van der Waals surface area contributed by atoms with Crippen molar-refractivity contribution in [2.24, 2.45) is 17.6 Å². The molecule has 4 N–H and O–H groups in total. The Balaban J connectivity index is 2.95. The third kappa shape index (κ3) is 9.47. The van der Waals surface area contributed by atoms with Crippen molar-refractivity contribution in [3.05, 3.63) is 35.9 Å². The Labute approximate surface area is 198 Å². The van der Waals surface area contributed by atoms with Gasteiger partial charge in [0, 0.05) is 0 Å². The van der Waals surface area contributed by atoms with Crippen molar-refractivity contribution in [1.82, 2.24) is 10.6 Å². The zero-order chi connectivity index (χ0) is 25.7. The van der Waals surface area contributed by atoms with Gasteiger partial charge in [-0.1, -0.05) is 44.2 Å². The van der Waals surface area contributed by atoms with Crippen LogP contribution in [0.25, 0.3) is 0 Å². The van der Waals surface area contributed by atoms with Crippen molar-refractivity contribution >= 4 is 29.8 Å². The molecule has 0 saturated heterocycles. The summed E-state index contributed by atoms with van der Waals surface area (Å²) in [4.78, 5) is 61.8. The van der Waals surface area contributed by atoms with Crippen molar-refractivity contribution in [2.45, 2.75) is 52.8 Å². The lowest BCUT2D eigenvalue weighted by molar-refractivity contribution is -0.157. The molecule has 0 aliphatic heterocycles. The molecule has 0 fully saturated rings. The second kappa shape index (κ2) is 14.5. The summed E-state index contributed by atoms with van der Waals surface area (Å²) in [6.45, 7) is 6.52. The Morgan fingerprint density at radius 2 is 1.50 bits per heavy atom. The molecule has 0 bridgehead atoms. The number of benzene rings is 1. The van der Waals surface area contributed by atoms with Crippen LogP contribution in [0.5, 0.6) is 0 Å². The number of hydrogen-bond donors (Lipinski definition) is 3. The molecule has 1 aromatic carbocycles. The molecule has 1 aromatic rings. The highest BCUT2D eigenvalue weighted by atomic mass is 16.6. The maximum Gasteiger partial charge on any atom is 0.408 e. The number of amides is 3. The molecule has 11 nitrogen and oxygen atoms in total. The first-order chi connectivity index (χ1) is 16.1. The van der Waals surface area contributed by atoms with Gasteiger partial charge in [0.2, 0.25) is 11.8 Å². The van der Waals surface area contributed by atoms with E-state index in [0.29, 0.717) is 0 Å². The van der Waals surface area contributed by atoms with Gasteiger partial charge in [-0.25, -0.2) is 4.79 Å². The smallest absolute Gasteiger partial charge is 0.408 e. The Bertz CT molecular complexity index is 844. The topological polar surface area (TPSA) is 163 Å². The highest BCUT2D eigenvalue weighted by Gasteiger charge is 2.39. The van der Waals surface area contributed by atoms with Crippen LogP contribution in [0.2, 0.25) is 0 Å². The minimum atomic E-state index is -1.57. The van der Waals surface area contributed by atoms with Gasteiger partial charge in [0.05, 0.1) is 25.6 Å². The van der Waals surface area contributed by atoms with Gasteiger partial charge in [-0.15, -0.1) is 0 Å². The van der Waals surface area contributed by atoms with Crippen LogP contribution in [-0.4, -0.2) is 55.1 Å². The maximum absolute atomic E-state index is 12.9. The van der Waals surface area contributed by atoms with E-state index in [1.165, 1.54) is 0 Å². The van der Waals surface area contributed by atoms with E-state index in [2.05, 4.69) is 10.6 Å². The van der Waals surface area contributed by atoms with Crippen LogP contribution >= 0.6 is 0 Å². The molecule has 11 heteroatoms. The van der Waals surface area contributed by atoms with Crippen LogP contribution < -0.4 is 16.4 Å². The predicted octanol–water partition coefficient (Wildman–Crippen LogP) is 1.04. The number of rotatable bonds is 13. The highest BCUT2D eigenvalue weighted by Crippen LogP contribution is 2.15. The van der Waals surface area contributed by atoms with Gasteiger partial charge in [0.15, 0.2) is 0 Å². The van der Waals surface area contributed by atoms with Crippen LogP contribution in [0.4, 0.5) is 4.79 Å². The third-order valence-electron chi connectivity index (χ3n) is 4.72. The van der Waals surface area contributed by atoms with Crippen LogP contribution in [-0.2, 0) is 40.0 Å². The van der Waals surface area contributed by atoms with Crippen LogP contribution in [0.3, 0.4) is 0 Å². The minimum Gasteiger partial charge on any atom is -0.466 e. The number of hydrogen-bond acceptors (Lipinski definition) is 8. The van der Waals surface area contributed by atoms with Gasteiger partial charge in [0.1, 0.15) is 18.7 Å². The average Bonchev–Trinajstić information content (AvgIpc) is 2.78. The van der Waals surface area contributed by atoms with Gasteiger partial charge in [0.25, 0.3) is 0 Å². The Morgan fingerprint density at radius 1 is 0.882 bits per heavy atom. The zero-order valence-corrected chi connectivity index (χ0v) is 19.9. The highest BCUT2D eigenvalue weighted by molar-refractivity contribution is 5.94. The summed E-state index contributed by atoms with van der Waals surface area (Å²) in [7, 11) is 0. The van der Waals surface area contributed by atoms with Crippen molar-refractivity contribution in [1.29, 1.82) is 0 Å². The second-order valence-corrected chi connectivity index (χ2v) is 7.68. The number of nitrogens with two attached hydrogens (primary N) is 1. The van der Waals surface area contributed by atoms with Crippen LogP contribution in [0.1, 0.15) is 39.7 Å². The molecule has 0 heterocycles. The fourth-order valence-electron chi connectivity index (χ4n) is 3.03. The van der Waals surface area contributed by atoms with Gasteiger partial charge in [-0.3, -0.25) is 19.2 Å². The van der Waals surface area contributed by atoms with Gasteiger partial charge in [-0.2, -0.15) is 0 Å². The number of nitrogens with one attached hydrogen (secondary N) is 2. The van der Waals surface area contributed by atoms with E-state index in [1.807, 2.05) is 6.07 Å². The molecule has 3 amide bonds. The molecule has 3 atom stereocenters. The predicted molar refractivity (Wildman–Crippen MR) is 121 cm³/mol. The van der Waals surface area contributed by atoms with Gasteiger partial charge in [-0.05, 0) is 25.3 Å². The number of carbonyl (C=O) groups excluding carboxylic acids is 5. The molecular formula is C23H33N3O8. The standard InChI is InChI=1S/C23H33N3O8/c1-5-32-17(27)12-16(22(30)33-6-2)19(20(24)28)25-21(29)18(14(3)4)26-23(31)34-13-15-10-8-7-9-11-15/h7-11,14,16,18-19H,5-6,12-13H2,1-4H3,(H2,24,28)(H,25,29)(H,26,31)/t16-,18+,19+/m0/s1. The zero-order valence-electron chi connectivity index (χ0n) is 19.9. The molecule has 1 rings (SSSR count). The first kappa shape index (κ1) is 28.4. The Kier molecular flexibility index (Phi) is 12.1. The van der Waals surface area contributed by atoms with Crippen molar-refractivity contribution < 1.29 is 38.2 Å². The van der Waals surface area contributed by atoms with Crippen LogP contribution in [0, 0.1) is 11.8 Å². The molecule has 0 aliphatic rings. The van der Waals surface area contributed by atoms with Crippen molar-refractivity contribution in [3.8, 4) is 0 Å². The van der Waals surface area contributed by atoms with E-state index >= 15 is 0 Å². The van der Waals surface area contributed by atoms with E-state index in [4.69, 9.17) is 19.9 Å². The molecule has 188 valence electrons. The van der Waals surface area contributed by atoms with E-state index in [-0.39, 0.29) is 19.8 Å². The first-order valence-corrected chi connectivity index (χ1v) is 11.0. The molecule has 0 saturated carbocycles. The van der Waals surface area contributed by atoms with Crippen LogP contribution in [0.15, 0.2) is 30.3 Å². The molecule has 0 aliphatic carbocycles. The van der Waals surface area contributed by atoms with Crippen molar-refractivity contribution in [2.75, 3.05) is 13.2 Å². The molecule has 0 unspecified atom stereocenters. The van der Waals surface area contributed by atoms with E-state index in [9.17, 15) is 24.0 Å². The SMILES string of the molecule is CCOC(=O)C[C@H](C(=O)OCC)[C@@H](NC(=O)[C@H](NC(=O)OCc1ccccc1)C(C)C)C(N)=O. The molecule has 0 aromatic heterocycles. The fourth-order valence-corrected chi connectivity index (χ4v) is 3.03. The normalized spacial score (nSPS) is 13.2. The maximum atomic E-state index is 12.9. The lowest BCUT2D eigenvalue weighted by Gasteiger charge is -2.27. The lowest BCUT2D eigenvalue weighted by Crippen LogP contribution is -2.58. The first-order valence-electron chi connectivity index (χ1n) is 11.0. The fraction of sp³-hybridized carbons (Fsp3) is 0.522. The minimum absolute atomic E-state index is 0.00646. The monoisotopic (exact) mass is 479 g/mol. The summed E-state index contributed by atoms with van der Waals surface area (Å²) in [6, 6.07) is 6.27. The number of carbonyl (C=O) groups is 5. The summed E-state index contributed by atoms with van der Waals surface area (Å²) in [5, 5.41) is 4.82. The largest absolute Gasteiger partial charge is 0.466 e. The number of alkyl carbamates (subject to hydrolysis) is 1. The average molecular weight is 480 g/mol. The van der Waals surface area contributed by atoms with E-state index in [1.54, 1.807) is 52.0 Å². The second-order valence-electron chi connectivity index (χ2n) is 7.68. The molecule has 0 spiro atoms. The van der Waals surface area contributed by atoms with Crippen molar-refractivity contribution in [3.63, 3.8) is 0 Å².